The van der Waals surface area contributed by atoms with Crippen LogP contribution in [0, 0.1) is 13.8 Å². The van der Waals surface area contributed by atoms with Gasteiger partial charge in [0.05, 0.1) is 12.2 Å². The van der Waals surface area contributed by atoms with Crippen LogP contribution in [0.1, 0.15) is 28.4 Å². The molecule has 0 atom stereocenters. The summed E-state index contributed by atoms with van der Waals surface area (Å²) < 4.78 is 5.64. The number of amides is 1. The highest BCUT2D eigenvalue weighted by Crippen LogP contribution is 2.32. The lowest BCUT2D eigenvalue weighted by atomic mass is 10.0. The number of rotatable bonds is 3. The number of hydrogen-bond donors (Lipinski definition) is 1. The van der Waals surface area contributed by atoms with Crippen LogP contribution < -0.4 is 10.1 Å². The van der Waals surface area contributed by atoms with E-state index in [1.807, 2.05) is 31.7 Å². The van der Waals surface area contributed by atoms with Crippen LogP contribution in [0.25, 0.3) is 0 Å². The van der Waals surface area contributed by atoms with Crippen molar-refractivity contribution in [3.05, 3.63) is 27.8 Å². The second-order valence-corrected chi connectivity index (χ2v) is 5.36. The minimum atomic E-state index is 0.00866. The lowest BCUT2D eigenvalue weighted by Crippen LogP contribution is -2.46. The third-order valence-corrected chi connectivity index (χ3v) is 4.14. The third-order valence-electron chi connectivity index (χ3n) is 3.56. The minimum Gasteiger partial charge on any atom is -0.493 e. The lowest BCUT2D eigenvalue weighted by Gasteiger charge is -2.29. The van der Waals surface area contributed by atoms with Crippen LogP contribution in [0.4, 0.5) is 0 Å². The Balaban J connectivity index is 2.42. The van der Waals surface area contributed by atoms with E-state index in [2.05, 4.69) is 5.32 Å². The number of piperazine rings is 1. The maximum Gasteiger partial charge on any atom is 0.258 e. The van der Waals surface area contributed by atoms with Crippen molar-refractivity contribution in [2.24, 2.45) is 0 Å². The van der Waals surface area contributed by atoms with Gasteiger partial charge in [0, 0.05) is 31.2 Å². The molecular weight excluding hydrogens is 276 g/mol. The predicted octanol–water partition coefficient (Wildman–Crippen LogP) is 2.40. The Bertz CT molecular complexity index is 511. The fourth-order valence-corrected chi connectivity index (χ4v) is 2.63. The molecule has 1 amide bonds. The molecule has 1 N–H and O–H groups in total. The van der Waals surface area contributed by atoms with Gasteiger partial charge in [-0.3, -0.25) is 4.79 Å². The van der Waals surface area contributed by atoms with Crippen molar-refractivity contribution in [2.75, 3.05) is 32.8 Å². The van der Waals surface area contributed by atoms with E-state index in [0.717, 1.165) is 37.3 Å². The van der Waals surface area contributed by atoms with Crippen molar-refractivity contribution in [3.63, 3.8) is 0 Å². The van der Waals surface area contributed by atoms with Gasteiger partial charge in [-0.05, 0) is 38.0 Å². The van der Waals surface area contributed by atoms with E-state index in [0.29, 0.717) is 22.9 Å². The first kappa shape index (κ1) is 15.1. The Morgan fingerprint density at radius 3 is 2.65 bits per heavy atom. The Morgan fingerprint density at radius 1 is 1.40 bits per heavy atom. The molecule has 1 fully saturated rings. The summed E-state index contributed by atoms with van der Waals surface area (Å²) in [6.45, 7) is 9.35. The highest BCUT2D eigenvalue weighted by Gasteiger charge is 2.25. The Hall–Kier alpha value is -1.26. The van der Waals surface area contributed by atoms with Gasteiger partial charge in [0.1, 0.15) is 5.75 Å². The first-order chi connectivity index (χ1) is 9.56. The molecule has 1 heterocycles. The number of halogens is 1. The number of ether oxygens (including phenoxy) is 1. The van der Waals surface area contributed by atoms with E-state index in [9.17, 15) is 4.79 Å². The average molecular weight is 297 g/mol. The molecule has 0 spiro atoms. The Morgan fingerprint density at radius 2 is 2.05 bits per heavy atom. The molecule has 20 heavy (non-hydrogen) atoms. The monoisotopic (exact) mass is 296 g/mol. The number of hydrogen-bond acceptors (Lipinski definition) is 3. The van der Waals surface area contributed by atoms with Gasteiger partial charge in [-0.1, -0.05) is 11.6 Å². The third kappa shape index (κ3) is 2.91. The van der Waals surface area contributed by atoms with Gasteiger partial charge in [-0.25, -0.2) is 0 Å². The SMILES string of the molecule is CCOc1cc(C)c(Cl)c(C)c1C(=O)N1CCNCC1. The van der Waals surface area contributed by atoms with Gasteiger partial charge in [-0.2, -0.15) is 0 Å². The van der Waals surface area contributed by atoms with Gasteiger partial charge < -0.3 is 15.0 Å². The molecule has 0 radical (unpaired) electrons. The Kier molecular flexibility index (Phi) is 4.89. The van der Waals surface area contributed by atoms with Gasteiger partial charge in [0.25, 0.3) is 5.91 Å². The zero-order valence-electron chi connectivity index (χ0n) is 12.3. The van der Waals surface area contributed by atoms with Gasteiger partial charge >= 0.3 is 0 Å². The maximum atomic E-state index is 12.7. The van der Waals surface area contributed by atoms with Crippen LogP contribution in [0.2, 0.25) is 5.02 Å². The summed E-state index contributed by atoms with van der Waals surface area (Å²) in [5, 5.41) is 3.89. The molecule has 1 aliphatic rings. The van der Waals surface area contributed by atoms with Crippen LogP contribution in [-0.4, -0.2) is 43.6 Å². The van der Waals surface area contributed by atoms with Gasteiger partial charge in [-0.15, -0.1) is 0 Å². The molecule has 0 saturated carbocycles. The molecule has 2 rings (SSSR count). The van der Waals surface area contributed by atoms with Gasteiger partial charge in [0.15, 0.2) is 0 Å². The molecule has 1 saturated heterocycles. The van der Waals surface area contributed by atoms with E-state index < -0.39 is 0 Å². The van der Waals surface area contributed by atoms with Crippen LogP contribution in [0.15, 0.2) is 6.07 Å². The second kappa shape index (κ2) is 6.46. The molecule has 1 aliphatic heterocycles. The molecule has 110 valence electrons. The summed E-state index contributed by atoms with van der Waals surface area (Å²) in [5.74, 6) is 0.643. The summed E-state index contributed by atoms with van der Waals surface area (Å²) in [5.41, 5.74) is 2.34. The van der Waals surface area contributed by atoms with Crippen molar-refractivity contribution >= 4 is 17.5 Å². The number of carbonyl (C=O) groups is 1. The van der Waals surface area contributed by atoms with E-state index in [-0.39, 0.29) is 5.91 Å². The molecule has 1 aromatic rings. The number of nitrogens with zero attached hydrogens (tertiary/aromatic N) is 1. The molecule has 0 aromatic heterocycles. The molecule has 0 aliphatic carbocycles. The highest BCUT2D eigenvalue weighted by atomic mass is 35.5. The summed E-state index contributed by atoms with van der Waals surface area (Å²) in [4.78, 5) is 14.6. The van der Waals surface area contributed by atoms with Crippen molar-refractivity contribution in [1.82, 2.24) is 10.2 Å². The van der Waals surface area contributed by atoms with E-state index in [1.54, 1.807) is 0 Å². The minimum absolute atomic E-state index is 0.00866. The first-order valence-corrected chi connectivity index (χ1v) is 7.36. The molecular formula is C15H21ClN2O2. The van der Waals surface area contributed by atoms with Crippen molar-refractivity contribution < 1.29 is 9.53 Å². The van der Waals surface area contributed by atoms with E-state index >= 15 is 0 Å². The summed E-state index contributed by atoms with van der Waals surface area (Å²) in [6.07, 6.45) is 0. The van der Waals surface area contributed by atoms with E-state index in [1.165, 1.54) is 0 Å². The molecule has 0 bridgehead atoms. The van der Waals surface area contributed by atoms with Crippen LogP contribution in [0.3, 0.4) is 0 Å². The molecule has 0 unspecified atom stereocenters. The Labute approximate surface area is 125 Å². The van der Waals surface area contributed by atoms with Crippen molar-refractivity contribution in [2.45, 2.75) is 20.8 Å². The van der Waals surface area contributed by atoms with Gasteiger partial charge in [0.2, 0.25) is 0 Å². The fourth-order valence-electron chi connectivity index (χ4n) is 2.48. The number of carbonyl (C=O) groups excluding carboxylic acids is 1. The van der Waals surface area contributed by atoms with Crippen LogP contribution >= 0.6 is 11.6 Å². The quantitative estimate of drug-likeness (QED) is 0.931. The van der Waals surface area contributed by atoms with Crippen LogP contribution in [-0.2, 0) is 0 Å². The molecule has 4 nitrogen and oxygen atoms in total. The van der Waals surface area contributed by atoms with Crippen LogP contribution in [0.5, 0.6) is 5.75 Å². The number of benzene rings is 1. The lowest BCUT2D eigenvalue weighted by molar-refractivity contribution is 0.0731. The van der Waals surface area contributed by atoms with E-state index in [4.69, 9.17) is 16.3 Å². The van der Waals surface area contributed by atoms with Crippen molar-refractivity contribution in [3.8, 4) is 5.75 Å². The number of nitrogens with one attached hydrogen (secondary N) is 1. The topological polar surface area (TPSA) is 41.6 Å². The summed E-state index contributed by atoms with van der Waals surface area (Å²) in [6, 6.07) is 1.86. The largest absolute Gasteiger partial charge is 0.493 e. The second-order valence-electron chi connectivity index (χ2n) is 4.98. The summed E-state index contributed by atoms with van der Waals surface area (Å²) in [7, 11) is 0. The zero-order valence-corrected chi connectivity index (χ0v) is 13.0. The summed E-state index contributed by atoms with van der Waals surface area (Å²) >= 11 is 6.30. The highest BCUT2D eigenvalue weighted by molar-refractivity contribution is 6.32. The van der Waals surface area contributed by atoms with Crippen molar-refractivity contribution in [1.29, 1.82) is 0 Å². The molecule has 1 aromatic carbocycles. The molecule has 5 heteroatoms. The maximum absolute atomic E-state index is 12.7. The fraction of sp³-hybridized carbons (Fsp3) is 0.533. The predicted molar refractivity (Wildman–Crippen MR) is 80.9 cm³/mol. The number of aryl methyl sites for hydroxylation is 1. The first-order valence-electron chi connectivity index (χ1n) is 6.98. The zero-order chi connectivity index (χ0) is 14.7. The standard InChI is InChI=1S/C15H21ClN2O2/c1-4-20-12-9-10(2)14(16)11(3)13(12)15(19)18-7-5-17-6-8-18/h9,17H,4-8H2,1-3H3. The average Bonchev–Trinajstić information content (AvgIpc) is 2.46. The smallest absolute Gasteiger partial charge is 0.258 e. The normalized spacial score (nSPS) is 15.3.